The first kappa shape index (κ1) is 18.4. The highest BCUT2D eigenvalue weighted by atomic mass is 35.5. The molecule has 0 spiro atoms. The van der Waals surface area contributed by atoms with E-state index in [1.54, 1.807) is 24.3 Å². The number of halogens is 2. The Hall–Kier alpha value is -2.91. The van der Waals surface area contributed by atoms with Gasteiger partial charge in [-0.1, -0.05) is 17.7 Å². The molecule has 2 aromatic rings. The summed E-state index contributed by atoms with van der Waals surface area (Å²) < 4.78 is 18.7. The lowest BCUT2D eigenvalue weighted by atomic mass is 10.1. The minimum absolute atomic E-state index is 0.0221. The number of benzene rings is 2. The van der Waals surface area contributed by atoms with Crippen LogP contribution >= 0.6 is 11.6 Å². The van der Waals surface area contributed by atoms with Crippen molar-refractivity contribution in [2.75, 3.05) is 5.32 Å². The highest BCUT2D eigenvalue weighted by Crippen LogP contribution is 2.20. The number of carbonyl (C=O) groups is 2. The Balaban J connectivity index is 1.93. The van der Waals surface area contributed by atoms with Crippen molar-refractivity contribution < 1.29 is 18.7 Å². The molecule has 0 aliphatic rings. The van der Waals surface area contributed by atoms with Crippen molar-refractivity contribution in [3.63, 3.8) is 0 Å². The fourth-order valence-corrected chi connectivity index (χ4v) is 2.24. The van der Waals surface area contributed by atoms with Gasteiger partial charge in [0.2, 0.25) is 0 Å². The van der Waals surface area contributed by atoms with Crippen LogP contribution in [0.4, 0.5) is 10.1 Å². The number of rotatable bonds is 5. The Kier molecular flexibility index (Phi) is 6.09. The number of hydrogen-bond acceptors (Lipinski definition) is 4. The first-order chi connectivity index (χ1) is 11.9. The van der Waals surface area contributed by atoms with E-state index in [1.807, 2.05) is 6.07 Å². The predicted molar refractivity (Wildman–Crippen MR) is 90.5 cm³/mol. The number of hydrogen-bond donors (Lipinski definition) is 1. The minimum Gasteiger partial charge on any atom is -0.452 e. The Morgan fingerprint density at radius 2 is 1.96 bits per heavy atom. The second-order valence-electron chi connectivity index (χ2n) is 5.19. The predicted octanol–water partition coefficient (Wildman–Crippen LogP) is 3.46. The van der Waals surface area contributed by atoms with Crippen LogP contribution in [-0.4, -0.2) is 18.0 Å². The largest absolute Gasteiger partial charge is 0.452 e. The van der Waals surface area contributed by atoms with Gasteiger partial charge in [0.15, 0.2) is 6.10 Å². The van der Waals surface area contributed by atoms with Gasteiger partial charge in [0.25, 0.3) is 5.91 Å². The number of anilines is 1. The van der Waals surface area contributed by atoms with E-state index in [0.29, 0.717) is 11.3 Å². The van der Waals surface area contributed by atoms with Crippen molar-refractivity contribution in [1.29, 1.82) is 5.26 Å². The molecule has 1 unspecified atom stereocenters. The third-order valence-corrected chi connectivity index (χ3v) is 3.70. The van der Waals surface area contributed by atoms with Crippen molar-refractivity contribution in [1.82, 2.24) is 0 Å². The van der Waals surface area contributed by atoms with E-state index in [4.69, 9.17) is 21.6 Å². The van der Waals surface area contributed by atoms with Gasteiger partial charge >= 0.3 is 5.97 Å². The van der Waals surface area contributed by atoms with Gasteiger partial charge < -0.3 is 10.1 Å². The number of amides is 1. The monoisotopic (exact) mass is 360 g/mol. The van der Waals surface area contributed by atoms with Gasteiger partial charge in [0, 0.05) is 16.3 Å². The summed E-state index contributed by atoms with van der Waals surface area (Å²) >= 11 is 5.85. The molecule has 0 aromatic heterocycles. The summed E-state index contributed by atoms with van der Waals surface area (Å²) in [6.07, 6.45) is -1.45. The van der Waals surface area contributed by atoms with Crippen LogP contribution in [0.15, 0.2) is 42.5 Å². The van der Waals surface area contributed by atoms with Gasteiger partial charge in [-0.2, -0.15) is 5.26 Å². The Bertz CT molecular complexity index is 811. The minimum atomic E-state index is -1.08. The van der Waals surface area contributed by atoms with Crippen molar-refractivity contribution in [2.24, 2.45) is 0 Å². The van der Waals surface area contributed by atoms with E-state index in [1.165, 1.54) is 25.1 Å². The molecule has 1 N–H and O–H groups in total. The Labute approximate surface area is 149 Å². The lowest BCUT2D eigenvalue weighted by molar-refractivity contribution is -0.152. The van der Waals surface area contributed by atoms with E-state index in [-0.39, 0.29) is 17.0 Å². The highest BCUT2D eigenvalue weighted by Gasteiger charge is 2.20. The molecule has 2 aromatic carbocycles. The maximum Gasteiger partial charge on any atom is 0.311 e. The lowest BCUT2D eigenvalue weighted by Gasteiger charge is -2.14. The molecule has 1 atom stereocenters. The normalized spacial score (nSPS) is 11.3. The summed E-state index contributed by atoms with van der Waals surface area (Å²) in [6.45, 7) is 1.40. The average Bonchev–Trinajstić information content (AvgIpc) is 2.59. The standard InChI is InChI=1S/C18H14ClFN2O3/c1-11(18(24)22-13-7-5-12(10-21)6-8-13)25-17(23)9-14-15(19)3-2-4-16(14)20/h2-8,11H,9H2,1H3,(H,22,24). The van der Waals surface area contributed by atoms with E-state index < -0.39 is 23.8 Å². The molecule has 0 saturated heterocycles. The molecule has 0 aliphatic heterocycles. The van der Waals surface area contributed by atoms with Gasteiger partial charge in [-0.15, -0.1) is 0 Å². The second-order valence-corrected chi connectivity index (χ2v) is 5.59. The van der Waals surface area contributed by atoms with E-state index >= 15 is 0 Å². The molecule has 1 amide bonds. The van der Waals surface area contributed by atoms with Crippen LogP contribution in [0.1, 0.15) is 18.1 Å². The summed E-state index contributed by atoms with van der Waals surface area (Å²) in [7, 11) is 0. The fraction of sp³-hybridized carbons (Fsp3) is 0.167. The average molecular weight is 361 g/mol. The van der Waals surface area contributed by atoms with Crippen LogP contribution in [-0.2, 0) is 20.7 Å². The molecule has 25 heavy (non-hydrogen) atoms. The molecule has 0 aliphatic carbocycles. The molecular formula is C18H14ClFN2O3. The van der Waals surface area contributed by atoms with Crippen molar-refractivity contribution in [3.8, 4) is 6.07 Å². The molecule has 7 heteroatoms. The number of nitrogens with one attached hydrogen (secondary N) is 1. The molecule has 0 heterocycles. The third kappa shape index (κ3) is 5.03. The molecule has 0 saturated carbocycles. The first-order valence-electron chi connectivity index (χ1n) is 7.34. The number of carbonyl (C=O) groups excluding carboxylic acids is 2. The zero-order chi connectivity index (χ0) is 18.4. The SMILES string of the molecule is CC(OC(=O)Cc1c(F)cccc1Cl)C(=O)Nc1ccc(C#N)cc1. The summed E-state index contributed by atoms with van der Waals surface area (Å²) in [5, 5.41) is 11.4. The topological polar surface area (TPSA) is 79.2 Å². The van der Waals surface area contributed by atoms with Crippen molar-refractivity contribution in [3.05, 3.63) is 64.4 Å². The van der Waals surface area contributed by atoms with Crippen LogP contribution in [0, 0.1) is 17.1 Å². The van der Waals surface area contributed by atoms with Gasteiger partial charge in [-0.05, 0) is 43.3 Å². The van der Waals surface area contributed by atoms with Crippen LogP contribution < -0.4 is 5.32 Å². The maximum atomic E-state index is 13.7. The third-order valence-electron chi connectivity index (χ3n) is 3.34. The molecule has 0 bridgehead atoms. The summed E-state index contributed by atoms with van der Waals surface area (Å²) in [6, 6.07) is 12.3. The smallest absolute Gasteiger partial charge is 0.311 e. The van der Waals surface area contributed by atoms with Crippen LogP contribution in [0.5, 0.6) is 0 Å². The fourth-order valence-electron chi connectivity index (χ4n) is 2.01. The first-order valence-corrected chi connectivity index (χ1v) is 7.72. The molecule has 2 rings (SSSR count). The van der Waals surface area contributed by atoms with Gasteiger partial charge in [-0.25, -0.2) is 4.39 Å². The van der Waals surface area contributed by atoms with Gasteiger partial charge in [-0.3, -0.25) is 9.59 Å². The zero-order valence-corrected chi connectivity index (χ0v) is 14.0. The molecule has 5 nitrogen and oxygen atoms in total. The summed E-state index contributed by atoms with van der Waals surface area (Å²) in [4.78, 5) is 23.9. The van der Waals surface area contributed by atoms with Crippen molar-refractivity contribution >= 4 is 29.2 Å². The highest BCUT2D eigenvalue weighted by molar-refractivity contribution is 6.31. The van der Waals surface area contributed by atoms with Gasteiger partial charge in [0.05, 0.1) is 18.1 Å². The second kappa shape index (κ2) is 8.27. The zero-order valence-electron chi connectivity index (χ0n) is 13.3. The molecule has 128 valence electrons. The Morgan fingerprint density at radius 3 is 2.56 bits per heavy atom. The number of nitriles is 1. The summed E-state index contributed by atoms with van der Waals surface area (Å²) in [5.41, 5.74) is 0.942. The van der Waals surface area contributed by atoms with Crippen LogP contribution in [0.25, 0.3) is 0 Å². The molecular weight excluding hydrogens is 347 g/mol. The summed E-state index contributed by atoms with van der Waals surface area (Å²) in [5.74, 6) is -1.92. The maximum absolute atomic E-state index is 13.7. The number of nitrogens with zero attached hydrogens (tertiary/aromatic N) is 1. The lowest BCUT2D eigenvalue weighted by Crippen LogP contribution is -2.30. The van der Waals surface area contributed by atoms with E-state index in [2.05, 4.69) is 5.32 Å². The van der Waals surface area contributed by atoms with Crippen molar-refractivity contribution in [2.45, 2.75) is 19.4 Å². The Morgan fingerprint density at radius 1 is 1.28 bits per heavy atom. The quantitative estimate of drug-likeness (QED) is 0.828. The van der Waals surface area contributed by atoms with E-state index in [9.17, 15) is 14.0 Å². The van der Waals surface area contributed by atoms with E-state index in [0.717, 1.165) is 0 Å². The van der Waals surface area contributed by atoms with Gasteiger partial charge in [0.1, 0.15) is 5.82 Å². The molecule has 0 fully saturated rings. The van der Waals surface area contributed by atoms with Crippen LogP contribution in [0.2, 0.25) is 5.02 Å². The number of ether oxygens (including phenoxy) is 1. The van der Waals surface area contributed by atoms with Crippen LogP contribution in [0.3, 0.4) is 0 Å². The number of esters is 1. The molecule has 0 radical (unpaired) electrons.